The second-order valence-electron chi connectivity index (χ2n) is 5.72. The van der Waals surface area contributed by atoms with Gasteiger partial charge < -0.3 is 15.0 Å². The molecule has 0 aliphatic carbocycles. The van der Waals surface area contributed by atoms with E-state index in [0.29, 0.717) is 5.92 Å². The molecule has 0 spiro atoms. The molecule has 1 unspecified atom stereocenters. The number of fused-ring (bicyclic) bond motifs is 1. The van der Waals surface area contributed by atoms with Gasteiger partial charge in [-0.15, -0.1) is 11.3 Å². The van der Waals surface area contributed by atoms with Crippen molar-refractivity contribution in [2.75, 3.05) is 18.0 Å². The Balaban J connectivity index is 1.49. The van der Waals surface area contributed by atoms with Crippen molar-refractivity contribution in [2.24, 2.45) is 5.92 Å². The second kappa shape index (κ2) is 5.70. The number of nitrogens with one attached hydrogen (secondary N) is 1. The molecule has 4 heterocycles. The van der Waals surface area contributed by atoms with Crippen LogP contribution in [-0.2, 0) is 0 Å². The van der Waals surface area contributed by atoms with E-state index in [1.54, 1.807) is 17.7 Å². The minimum Gasteiger partial charge on any atom is -0.387 e. The zero-order chi connectivity index (χ0) is 14.9. The Bertz CT molecular complexity index is 746. The van der Waals surface area contributed by atoms with Crippen LogP contribution >= 0.6 is 11.3 Å². The number of aliphatic hydroxyl groups is 1. The van der Waals surface area contributed by atoms with Crippen molar-refractivity contribution in [3.63, 3.8) is 0 Å². The summed E-state index contributed by atoms with van der Waals surface area (Å²) >= 11 is 1.64. The summed E-state index contributed by atoms with van der Waals surface area (Å²) in [5.74, 6) is 1.33. The molecule has 4 rings (SSSR count). The molecule has 0 radical (unpaired) electrons. The molecule has 114 valence electrons. The molecule has 1 aliphatic rings. The molecule has 1 fully saturated rings. The lowest BCUT2D eigenvalue weighted by Crippen LogP contribution is -2.36. The van der Waals surface area contributed by atoms with Gasteiger partial charge in [-0.2, -0.15) is 0 Å². The Morgan fingerprint density at radius 2 is 2.14 bits per heavy atom. The van der Waals surface area contributed by atoms with E-state index in [4.69, 9.17) is 0 Å². The number of aromatic amines is 1. The van der Waals surface area contributed by atoms with Crippen LogP contribution in [0.15, 0.2) is 36.1 Å². The average molecular weight is 314 g/mol. The van der Waals surface area contributed by atoms with E-state index in [1.807, 2.05) is 29.8 Å². The number of hydrogen-bond acceptors (Lipinski definition) is 5. The van der Waals surface area contributed by atoms with Crippen molar-refractivity contribution in [1.82, 2.24) is 15.0 Å². The molecule has 1 aliphatic heterocycles. The van der Waals surface area contributed by atoms with Gasteiger partial charge in [0.05, 0.1) is 11.5 Å². The number of aliphatic hydroxyl groups excluding tert-OH is 1. The van der Waals surface area contributed by atoms with Crippen LogP contribution in [0.4, 0.5) is 5.82 Å². The maximum Gasteiger partial charge on any atom is 0.142 e. The number of H-pyrrole nitrogens is 1. The normalized spacial score (nSPS) is 18.0. The van der Waals surface area contributed by atoms with E-state index in [0.717, 1.165) is 47.7 Å². The predicted molar refractivity (Wildman–Crippen MR) is 88.1 cm³/mol. The first-order valence-electron chi connectivity index (χ1n) is 7.57. The molecule has 2 N–H and O–H groups in total. The Morgan fingerprint density at radius 1 is 1.27 bits per heavy atom. The molecule has 0 bridgehead atoms. The third kappa shape index (κ3) is 2.38. The number of nitrogens with zero attached hydrogens (tertiary/aromatic N) is 3. The lowest BCUT2D eigenvalue weighted by Gasteiger charge is -2.34. The van der Waals surface area contributed by atoms with Crippen molar-refractivity contribution in [3.8, 4) is 0 Å². The van der Waals surface area contributed by atoms with Crippen molar-refractivity contribution in [3.05, 3.63) is 41.0 Å². The number of piperidine rings is 1. The van der Waals surface area contributed by atoms with Gasteiger partial charge in [0.25, 0.3) is 0 Å². The van der Waals surface area contributed by atoms with Crippen LogP contribution in [0, 0.1) is 5.92 Å². The smallest absolute Gasteiger partial charge is 0.142 e. The van der Waals surface area contributed by atoms with E-state index < -0.39 is 0 Å². The van der Waals surface area contributed by atoms with Crippen molar-refractivity contribution < 1.29 is 5.11 Å². The van der Waals surface area contributed by atoms with Gasteiger partial charge in [0.2, 0.25) is 0 Å². The standard InChI is InChI=1S/C16H18N4OS/c21-14(13-2-1-9-22-13)11-4-7-20(8-5-11)16-12-3-6-17-15(12)18-10-19-16/h1-3,6,9-11,14,21H,4-5,7-8H2,(H,17,18,19). The molecule has 22 heavy (non-hydrogen) atoms. The number of hydrogen-bond donors (Lipinski definition) is 2. The van der Waals surface area contributed by atoms with Crippen LogP contribution < -0.4 is 4.90 Å². The molecule has 1 atom stereocenters. The Labute approximate surface area is 132 Å². The first kappa shape index (κ1) is 13.7. The van der Waals surface area contributed by atoms with Crippen molar-refractivity contribution in [2.45, 2.75) is 18.9 Å². The summed E-state index contributed by atoms with van der Waals surface area (Å²) in [6.07, 6.45) is 5.14. The Hall–Kier alpha value is -1.92. The van der Waals surface area contributed by atoms with Crippen LogP contribution in [0.2, 0.25) is 0 Å². The second-order valence-corrected chi connectivity index (χ2v) is 6.70. The summed E-state index contributed by atoms with van der Waals surface area (Å²) in [4.78, 5) is 15.2. The molecule has 1 saturated heterocycles. The van der Waals surface area contributed by atoms with Gasteiger partial charge in [-0.05, 0) is 36.3 Å². The van der Waals surface area contributed by atoms with Crippen molar-refractivity contribution in [1.29, 1.82) is 0 Å². The van der Waals surface area contributed by atoms with E-state index in [9.17, 15) is 5.11 Å². The summed E-state index contributed by atoms with van der Waals surface area (Å²) in [5, 5.41) is 13.6. The first-order valence-corrected chi connectivity index (χ1v) is 8.45. The zero-order valence-corrected chi connectivity index (χ0v) is 13.0. The van der Waals surface area contributed by atoms with Gasteiger partial charge in [-0.3, -0.25) is 0 Å². The highest BCUT2D eigenvalue weighted by atomic mass is 32.1. The maximum atomic E-state index is 10.5. The molecule has 0 saturated carbocycles. The van der Waals surface area contributed by atoms with Crippen LogP contribution in [0.1, 0.15) is 23.8 Å². The number of aromatic nitrogens is 3. The number of rotatable bonds is 3. The fourth-order valence-corrected chi connectivity index (χ4v) is 4.03. The molecule has 0 amide bonds. The van der Waals surface area contributed by atoms with E-state index in [2.05, 4.69) is 19.9 Å². The highest BCUT2D eigenvalue weighted by molar-refractivity contribution is 7.10. The number of anilines is 1. The van der Waals surface area contributed by atoms with Gasteiger partial charge in [-0.25, -0.2) is 9.97 Å². The molecular weight excluding hydrogens is 296 g/mol. The van der Waals surface area contributed by atoms with E-state index in [1.165, 1.54) is 0 Å². The molecule has 0 aromatic carbocycles. The summed E-state index contributed by atoms with van der Waals surface area (Å²) in [7, 11) is 0. The minimum absolute atomic E-state index is 0.332. The third-order valence-electron chi connectivity index (χ3n) is 4.45. The third-order valence-corrected chi connectivity index (χ3v) is 5.40. The number of thiophene rings is 1. The van der Waals surface area contributed by atoms with Gasteiger partial charge >= 0.3 is 0 Å². The molecular formula is C16H18N4OS. The van der Waals surface area contributed by atoms with Crippen LogP contribution in [0.3, 0.4) is 0 Å². The van der Waals surface area contributed by atoms with Gasteiger partial charge in [0, 0.05) is 24.2 Å². The molecule has 3 aromatic rings. The average Bonchev–Trinajstić information content (AvgIpc) is 3.25. The first-order chi connectivity index (χ1) is 10.8. The van der Waals surface area contributed by atoms with Gasteiger partial charge in [0.1, 0.15) is 17.8 Å². The summed E-state index contributed by atoms with van der Waals surface area (Å²) in [6, 6.07) is 6.05. The van der Waals surface area contributed by atoms with E-state index >= 15 is 0 Å². The largest absolute Gasteiger partial charge is 0.387 e. The lowest BCUT2D eigenvalue weighted by atomic mass is 9.90. The Kier molecular flexibility index (Phi) is 3.56. The van der Waals surface area contributed by atoms with Crippen LogP contribution in [0.25, 0.3) is 11.0 Å². The summed E-state index contributed by atoms with van der Waals surface area (Å²) in [6.45, 7) is 1.84. The lowest BCUT2D eigenvalue weighted by molar-refractivity contribution is 0.0961. The van der Waals surface area contributed by atoms with E-state index in [-0.39, 0.29) is 6.10 Å². The topological polar surface area (TPSA) is 65.0 Å². The van der Waals surface area contributed by atoms with Crippen LogP contribution in [0.5, 0.6) is 0 Å². The predicted octanol–water partition coefficient (Wildman–Crippen LogP) is 2.97. The van der Waals surface area contributed by atoms with Crippen LogP contribution in [-0.4, -0.2) is 33.1 Å². The SMILES string of the molecule is OC(c1cccs1)C1CCN(c2ncnc3[nH]ccc23)CC1. The quantitative estimate of drug-likeness (QED) is 0.780. The zero-order valence-electron chi connectivity index (χ0n) is 12.1. The fourth-order valence-electron chi connectivity index (χ4n) is 3.23. The molecule has 6 heteroatoms. The highest BCUT2D eigenvalue weighted by Crippen LogP contribution is 2.34. The summed E-state index contributed by atoms with van der Waals surface area (Å²) < 4.78 is 0. The Morgan fingerprint density at radius 3 is 2.91 bits per heavy atom. The monoisotopic (exact) mass is 314 g/mol. The minimum atomic E-state index is -0.333. The van der Waals surface area contributed by atoms with Gasteiger partial charge in [0.15, 0.2) is 0 Å². The maximum absolute atomic E-state index is 10.5. The van der Waals surface area contributed by atoms with Crippen molar-refractivity contribution >= 4 is 28.2 Å². The molecule has 3 aromatic heterocycles. The van der Waals surface area contributed by atoms with Gasteiger partial charge in [-0.1, -0.05) is 6.07 Å². The highest BCUT2D eigenvalue weighted by Gasteiger charge is 2.28. The molecule has 5 nitrogen and oxygen atoms in total. The summed E-state index contributed by atoms with van der Waals surface area (Å²) in [5.41, 5.74) is 0.880. The fraction of sp³-hybridized carbons (Fsp3) is 0.375.